The Kier molecular flexibility index (Phi) is 2.05. The van der Waals surface area contributed by atoms with E-state index in [-0.39, 0.29) is 0 Å². The fraction of sp³-hybridized carbons (Fsp3) is 0.727. The average Bonchev–Trinajstić information content (AvgIpc) is 3.07. The fourth-order valence-electron chi connectivity index (χ4n) is 1.70. The van der Waals surface area contributed by atoms with E-state index in [1.54, 1.807) is 0 Å². The molecule has 3 rings (SSSR count). The molecule has 0 bridgehead atoms. The van der Waals surface area contributed by atoms with E-state index < -0.39 is 0 Å². The maximum absolute atomic E-state index is 5.27. The second kappa shape index (κ2) is 3.39. The minimum atomic E-state index is 0.680. The standard InChI is InChI=1S/C11H16N2O/c1-2-8(1)6-12-7-10-5-11(14-13-10)9-3-4-9/h5,8-9,12H,1-4,6-7H2. The molecule has 0 radical (unpaired) electrons. The second-order valence-corrected chi connectivity index (χ2v) is 4.57. The molecule has 3 heteroatoms. The molecule has 2 fully saturated rings. The van der Waals surface area contributed by atoms with E-state index in [1.807, 2.05) is 0 Å². The van der Waals surface area contributed by atoms with Crippen LogP contribution in [0.1, 0.15) is 43.1 Å². The van der Waals surface area contributed by atoms with Crippen molar-refractivity contribution in [3.8, 4) is 0 Å². The van der Waals surface area contributed by atoms with Gasteiger partial charge in [-0.05, 0) is 38.1 Å². The van der Waals surface area contributed by atoms with Crippen molar-refractivity contribution in [2.24, 2.45) is 5.92 Å². The van der Waals surface area contributed by atoms with E-state index in [0.717, 1.165) is 30.5 Å². The number of nitrogens with zero attached hydrogens (tertiary/aromatic N) is 1. The van der Waals surface area contributed by atoms with Crippen molar-refractivity contribution in [1.29, 1.82) is 0 Å². The predicted molar refractivity (Wildman–Crippen MR) is 52.9 cm³/mol. The van der Waals surface area contributed by atoms with E-state index in [2.05, 4.69) is 16.5 Å². The number of aromatic nitrogens is 1. The Morgan fingerprint density at radius 3 is 2.93 bits per heavy atom. The van der Waals surface area contributed by atoms with Gasteiger partial charge < -0.3 is 9.84 Å². The van der Waals surface area contributed by atoms with Crippen molar-refractivity contribution < 1.29 is 4.52 Å². The van der Waals surface area contributed by atoms with Gasteiger partial charge in [-0.25, -0.2) is 0 Å². The summed E-state index contributed by atoms with van der Waals surface area (Å²) in [6.07, 6.45) is 5.37. The molecule has 1 aromatic heterocycles. The van der Waals surface area contributed by atoms with Gasteiger partial charge in [0, 0.05) is 18.5 Å². The number of rotatable bonds is 5. The molecule has 0 aliphatic heterocycles. The molecule has 1 aromatic rings. The van der Waals surface area contributed by atoms with Crippen LogP contribution in [0.25, 0.3) is 0 Å². The highest BCUT2D eigenvalue weighted by Gasteiger charge is 2.27. The van der Waals surface area contributed by atoms with Crippen molar-refractivity contribution in [2.45, 2.75) is 38.1 Å². The Labute approximate surface area is 83.9 Å². The molecule has 3 nitrogen and oxygen atoms in total. The summed E-state index contributed by atoms with van der Waals surface area (Å²) in [6, 6.07) is 2.11. The van der Waals surface area contributed by atoms with E-state index >= 15 is 0 Å². The summed E-state index contributed by atoms with van der Waals surface area (Å²) in [5.74, 6) is 2.71. The minimum absolute atomic E-state index is 0.680. The summed E-state index contributed by atoms with van der Waals surface area (Å²) in [4.78, 5) is 0. The van der Waals surface area contributed by atoms with Crippen molar-refractivity contribution in [3.63, 3.8) is 0 Å². The zero-order valence-electron chi connectivity index (χ0n) is 8.33. The number of nitrogens with one attached hydrogen (secondary N) is 1. The Morgan fingerprint density at radius 2 is 2.21 bits per heavy atom. The molecule has 0 atom stereocenters. The lowest BCUT2D eigenvalue weighted by molar-refractivity contribution is 0.376. The van der Waals surface area contributed by atoms with Gasteiger partial charge in [-0.3, -0.25) is 0 Å². The van der Waals surface area contributed by atoms with Crippen molar-refractivity contribution in [1.82, 2.24) is 10.5 Å². The van der Waals surface area contributed by atoms with Crippen LogP contribution in [0.5, 0.6) is 0 Å². The smallest absolute Gasteiger partial charge is 0.140 e. The van der Waals surface area contributed by atoms with Crippen molar-refractivity contribution in [3.05, 3.63) is 17.5 Å². The van der Waals surface area contributed by atoms with Crippen LogP contribution in [-0.4, -0.2) is 11.7 Å². The van der Waals surface area contributed by atoms with E-state index in [1.165, 1.54) is 25.7 Å². The highest BCUT2D eigenvalue weighted by Crippen LogP contribution is 2.40. The van der Waals surface area contributed by atoms with Crippen LogP contribution >= 0.6 is 0 Å². The maximum atomic E-state index is 5.27. The van der Waals surface area contributed by atoms with Crippen molar-refractivity contribution >= 4 is 0 Å². The summed E-state index contributed by atoms with van der Waals surface area (Å²) in [7, 11) is 0. The first-order chi connectivity index (χ1) is 6.92. The zero-order chi connectivity index (χ0) is 9.38. The molecule has 0 spiro atoms. The fourth-order valence-corrected chi connectivity index (χ4v) is 1.70. The average molecular weight is 192 g/mol. The molecule has 0 unspecified atom stereocenters. The van der Waals surface area contributed by atoms with Gasteiger partial charge in [0.15, 0.2) is 0 Å². The van der Waals surface area contributed by atoms with E-state index in [0.29, 0.717) is 5.92 Å². The van der Waals surface area contributed by atoms with Crippen LogP contribution in [0.3, 0.4) is 0 Å². The molecule has 0 saturated heterocycles. The highest BCUT2D eigenvalue weighted by atomic mass is 16.5. The summed E-state index contributed by atoms with van der Waals surface area (Å²) in [5, 5.41) is 7.47. The normalized spacial score (nSPS) is 21.4. The molecule has 2 aliphatic rings. The summed E-state index contributed by atoms with van der Waals surface area (Å²) in [6.45, 7) is 2.01. The predicted octanol–water partition coefficient (Wildman–Crippen LogP) is 2.05. The van der Waals surface area contributed by atoms with Crippen LogP contribution in [0.15, 0.2) is 10.6 Å². The van der Waals surface area contributed by atoms with E-state index in [9.17, 15) is 0 Å². The van der Waals surface area contributed by atoms with Gasteiger partial charge in [0.05, 0.1) is 5.69 Å². The Morgan fingerprint density at radius 1 is 1.36 bits per heavy atom. The topological polar surface area (TPSA) is 38.1 Å². The maximum Gasteiger partial charge on any atom is 0.140 e. The first kappa shape index (κ1) is 8.48. The lowest BCUT2D eigenvalue weighted by atomic mass is 10.3. The SMILES string of the molecule is c1c(CNCC2CC2)noc1C1CC1. The number of hydrogen-bond donors (Lipinski definition) is 1. The molecule has 0 aromatic carbocycles. The first-order valence-corrected chi connectivity index (χ1v) is 5.58. The van der Waals surface area contributed by atoms with Gasteiger partial charge in [-0.15, -0.1) is 0 Å². The monoisotopic (exact) mass is 192 g/mol. The molecule has 2 aliphatic carbocycles. The quantitative estimate of drug-likeness (QED) is 0.776. The van der Waals surface area contributed by atoms with Crippen LogP contribution in [0, 0.1) is 5.92 Å². The third-order valence-corrected chi connectivity index (χ3v) is 2.99. The molecular weight excluding hydrogens is 176 g/mol. The Balaban J connectivity index is 1.49. The Hall–Kier alpha value is -0.830. The second-order valence-electron chi connectivity index (χ2n) is 4.57. The van der Waals surface area contributed by atoms with Gasteiger partial charge in [-0.2, -0.15) is 0 Å². The van der Waals surface area contributed by atoms with Gasteiger partial charge in [0.1, 0.15) is 5.76 Å². The summed E-state index contributed by atoms with van der Waals surface area (Å²) in [5.41, 5.74) is 1.06. The third kappa shape index (κ3) is 1.98. The van der Waals surface area contributed by atoms with Crippen LogP contribution < -0.4 is 5.32 Å². The molecule has 1 heterocycles. The lowest BCUT2D eigenvalue weighted by Gasteiger charge is -1.97. The van der Waals surface area contributed by atoms with Gasteiger partial charge in [0.2, 0.25) is 0 Å². The summed E-state index contributed by atoms with van der Waals surface area (Å²) >= 11 is 0. The molecule has 76 valence electrons. The first-order valence-electron chi connectivity index (χ1n) is 5.58. The molecule has 14 heavy (non-hydrogen) atoms. The third-order valence-electron chi connectivity index (χ3n) is 2.99. The van der Waals surface area contributed by atoms with Crippen LogP contribution in [0.4, 0.5) is 0 Å². The van der Waals surface area contributed by atoms with Crippen LogP contribution in [0.2, 0.25) is 0 Å². The zero-order valence-corrected chi connectivity index (χ0v) is 8.33. The largest absolute Gasteiger partial charge is 0.361 e. The molecule has 1 N–H and O–H groups in total. The molecule has 2 saturated carbocycles. The van der Waals surface area contributed by atoms with Gasteiger partial charge >= 0.3 is 0 Å². The highest BCUT2D eigenvalue weighted by molar-refractivity contribution is 5.14. The van der Waals surface area contributed by atoms with Gasteiger partial charge in [-0.1, -0.05) is 5.16 Å². The molecular formula is C11H16N2O. The Bertz CT molecular complexity index is 313. The summed E-state index contributed by atoms with van der Waals surface area (Å²) < 4.78 is 5.27. The van der Waals surface area contributed by atoms with Crippen LogP contribution in [-0.2, 0) is 6.54 Å². The number of hydrogen-bond acceptors (Lipinski definition) is 3. The molecule has 0 amide bonds. The van der Waals surface area contributed by atoms with Crippen molar-refractivity contribution in [2.75, 3.05) is 6.54 Å². The van der Waals surface area contributed by atoms with E-state index in [4.69, 9.17) is 4.52 Å². The lowest BCUT2D eigenvalue weighted by Crippen LogP contribution is -2.16. The van der Waals surface area contributed by atoms with Gasteiger partial charge in [0.25, 0.3) is 0 Å². The minimum Gasteiger partial charge on any atom is -0.361 e.